The number of carbonyl (C=O) groups excluding carboxylic acids is 3. The summed E-state index contributed by atoms with van der Waals surface area (Å²) in [7, 11) is 0. The molecule has 1 aliphatic heterocycles. The van der Waals surface area contributed by atoms with Gasteiger partial charge in [-0.05, 0) is 54.4 Å². The van der Waals surface area contributed by atoms with Crippen molar-refractivity contribution in [1.29, 1.82) is 0 Å². The molecular weight excluding hydrogens is 558 g/mol. The summed E-state index contributed by atoms with van der Waals surface area (Å²) < 4.78 is 16.0. The summed E-state index contributed by atoms with van der Waals surface area (Å²) in [4.78, 5) is 41.7. The van der Waals surface area contributed by atoms with Crippen molar-refractivity contribution in [3.8, 4) is 11.5 Å². The number of aliphatic imine (C=N–C) groups is 1. The smallest absolute Gasteiger partial charge is 0.309 e. The molecule has 0 saturated carbocycles. The lowest BCUT2D eigenvalue weighted by Gasteiger charge is -2.34. The molecule has 230 valence electrons. The Morgan fingerprint density at radius 3 is 1.84 bits per heavy atom. The van der Waals surface area contributed by atoms with Gasteiger partial charge in [-0.1, -0.05) is 56.3 Å². The number of nitrogens with two attached hydrogens (primary N) is 1. The molecule has 4 rings (SSSR count). The largest absolute Gasteiger partial charge is 0.427 e. The second-order valence-electron chi connectivity index (χ2n) is 9.82. The van der Waals surface area contributed by atoms with Crippen LogP contribution in [0.4, 0.5) is 0 Å². The van der Waals surface area contributed by atoms with Gasteiger partial charge in [-0.15, -0.1) is 0 Å². The van der Waals surface area contributed by atoms with Gasteiger partial charge in [0.1, 0.15) is 11.5 Å². The van der Waals surface area contributed by atoms with Gasteiger partial charge in [0.25, 0.3) is 0 Å². The van der Waals surface area contributed by atoms with E-state index in [4.69, 9.17) is 24.9 Å². The molecule has 1 aliphatic rings. The molecule has 1 atom stereocenters. The average Bonchev–Trinajstić information content (AvgIpc) is 2.99. The van der Waals surface area contributed by atoms with Gasteiger partial charge in [0.2, 0.25) is 5.88 Å². The van der Waals surface area contributed by atoms with Crippen LogP contribution in [0, 0.1) is 0 Å². The molecule has 3 aromatic carbocycles. The fourth-order valence-corrected chi connectivity index (χ4v) is 4.46. The number of benzene rings is 3. The van der Waals surface area contributed by atoms with E-state index in [1.54, 1.807) is 42.6 Å². The third-order valence-corrected chi connectivity index (χ3v) is 6.39. The molecule has 0 bridgehead atoms. The highest BCUT2D eigenvalue weighted by Gasteiger charge is 2.29. The van der Waals surface area contributed by atoms with Gasteiger partial charge in [-0.2, -0.15) is 0 Å². The minimum atomic E-state index is -0.516. The molecule has 9 heteroatoms. The Balaban J connectivity index is 0.00000259. The predicted molar refractivity (Wildman–Crippen MR) is 170 cm³/mol. The first kappa shape index (κ1) is 33.3. The van der Waals surface area contributed by atoms with Crippen LogP contribution in [0.2, 0.25) is 0 Å². The summed E-state index contributed by atoms with van der Waals surface area (Å²) in [6.07, 6.45) is 2.64. The number of allylic oxidation sites excluding steroid dienone is 1. The van der Waals surface area contributed by atoms with Crippen LogP contribution >= 0.6 is 0 Å². The van der Waals surface area contributed by atoms with Crippen LogP contribution in [0.1, 0.15) is 58.2 Å². The van der Waals surface area contributed by atoms with Gasteiger partial charge >= 0.3 is 17.9 Å². The summed E-state index contributed by atoms with van der Waals surface area (Å²) in [5.74, 6) is -0.282. The highest BCUT2D eigenvalue weighted by Crippen LogP contribution is 2.30. The molecule has 0 aromatic heterocycles. The molecule has 0 aliphatic carbocycles. The zero-order valence-corrected chi connectivity index (χ0v) is 26.0. The Kier molecular flexibility index (Phi) is 12.0. The third-order valence-electron chi connectivity index (χ3n) is 6.39. The molecule has 2 N–H and O–H groups in total. The summed E-state index contributed by atoms with van der Waals surface area (Å²) in [6, 6.07) is 23.6. The van der Waals surface area contributed by atoms with Crippen LogP contribution < -0.4 is 15.2 Å². The third kappa shape index (κ3) is 9.42. The molecule has 0 radical (unpaired) electrons. The second-order valence-corrected chi connectivity index (χ2v) is 9.82. The maximum Gasteiger partial charge on any atom is 0.309 e. The van der Waals surface area contributed by atoms with Crippen LogP contribution in [0.15, 0.2) is 102 Å². The predicted octanol–water partition coefficient (Wildman–Crippen LogP) is 6.18. The molecule has 0 amide bonds. The minimum absolute atomic E-state index is 0.202. The number of esters is 3. The van der Waals surface area contributed by atoms with Gasteiger partial charge < -0.3 is 24.8 Å². The summed E-state index contributed by atoms with van der Waals surface area (Å²) in [6.45, 7) is 9.99. The monoisotopic (exact) mass is 597 g/mol. The van der Waals surface area contributed by atoms with Crippen molar-refractivity contribution >= 4 is 29.3 Å². The first-order valence-corrected chi connectivity index (χ1v) is 14.4. The van der Waals surface area contributed by atoms with Gasteiger partial charge in [-0.25, -0.2) is 0 Å². The lowest BCUT2D eigenvalue weighted by Crippen LogP contribution is -2.40. The van der Waals surface area contributed by atoms with Gasteiger partial charge in [-0.3, -0.25) is 19.4 Å². The Morgan fingerprint density at radius 2 is 1.32 bits per heavy atom. The Morgan fingerprint density at radius 1 is 0.773 bits per heavy atom. The van der Waals surface area contributed by atoms with E-state index in [-0.39, 0.29) is 18.3 Å². The molecule has 0 spiro atoms. The number of hydrogen-bond donors (Lipinski definition) is 1. The number of ether oxygens (including phenoxy) is 3. The normalized spacial score (nSPS) is 14.6. The van der Waals surface area contributed by atoms with Crippen LogP contribution in [0.25, 0.3) is 5.70 Å². The zero-order chi connectivity index (χ0) is 32.2. The standard InChI is InChI=1S/C33H33N3O6.C2H6/c1-21-31(19-25-8-6-5-7-9-25)35-32(27-12-16-29(17-13-27)41-23(3)38)20-36(21)33(42-24(4)39)30(34)18-26-10-14-28(15-11-26)40-22(2)37;1-2/h5-17,20-21H,18-19,34H2,1-4H3;1-2H3/b33-30+;. The second kappa shape index (κ2) is 15.9. The maximum absolute atomic E-state index is 12.3. The first-order valence-electron chi connectivity index (χ1n) is 14.4. The van der Waals surface area contributed by atoms with Crippen LogP contribution in [-0.4, -0.2) is 34.6 Å². The highest BCUT2D eigenvalue weighted by atomic mass is 16.6. The topological polar surface area (TPSA) is 121 Å². The minimum Gasteiger partial charge on any atom is -0.427 e. The molecule has 44 heavy (non-hydrogen) atoms. The summed E-state index contributed by atoms with van der Waals surface area (Å²) in [5.41, 5.74) is 11.1. The van der Waals surface area contributed by atoms with E-state index in [1.165, 1.54) is 20.8 Å². The van der Waals surface area contributed by atoms with Crippen molar-refractivity contribution in [3.63, 3.8) is 0 Å². The number of nitrogens with zero attached hydrogens (tertiary/aromatic N) is 2. The van der Waals surface area contributed by atoms with Gasteiger partial charge in [0.15, 0.2) is 0 Å². The van der Waals surface area contributed by atoms with Crippen molar-refractivity contribution in [3.05, 3.63) is 113 Å². The summed E-state index contributed by atoms with van der Waals surface area (Å²) in [5, 5.41) is 0. The lowest BCUT2D eigenvalue weighted by molar-refractivity contribution is -0.139. The fraction of sp³-hybridized carbons (Fsp3) is 0.257. The molecular formula is C35H39N3O6. The molecule has 1 heterocycles. The number of rotatable bonds is 9. The Bertz CT molecular complexity index is 1540. The lowest BCUT2D eigenvalue weighted by atomic mass is 10.00. The quantitative estimate of drug-likeness (QED) is 0.176. The van der Waals surface area contributed by atoms with Crippen molar-refractivity contribution in [2.45, 2.75) is 60.4 Å². The van der Waals surface area contributed by atoms with Crippen molar-refractivity contribution in [2.24, 2.45) is 10.7 Å². The van der Waals surface area contributed by atoms with Crippen molar-refractivity contribution < 1.29 is 28.6 Å². The molecule has 0 fully saturated rings. The van der Waals surface area contributed by atoms with E-state index < -0.39 is 17.9 Å². The number of carbonyl (C=O) groups is 3. The van der Waals surface area contributed by atoms with E-state index in [2.05, 4.69) is 0 Å². The molecule has 1 unspecified atom stereocenters. The van der Waals surface area contributed by atoms with E-state index in [0.29, 0.717) is 29.3 Å². The van der Waals surface area contributed by atoms with Crippen LogP contribution in [-0.2, 0) is 32.0 Å². The van der Waals surface area contributed by atoms with E-state index >= 15 is 0 Å². The van der Waals surface area contributed by atoms with Gasteiger partial charge in [0.05, 0.1) is 17.4 Å². The molecule has 0 saturated heterocycles. The Labute approximate surface area is 258 Å². The van der Waals surface area contributed by atoms with Crippen molar-refractivity contribution in [1.82, 2.24) is 4.90 Å². The average molecular weight is 598 g/mol. The van der Waals surface area contributed by atoms with Crippen LogP contribution in [0.5, 0.6) is 11.5 Å². The first-order chi connectivity index (χ1) is 21.1. The highest BCUT2D eigenvalue weighted by molar-refractivity contribution is 5.97. The van der Waals surface area contributed by atoms with E-state index in [9.17, 15) is 14.4 Å². The Hall–Kier alpha value is -5.18. The SMILES string of the molecule is CC.CC(=O)O/C(=C(/N)Cc1ccc(OC(C)=O)cc1)N1C=C(c2ccc(OC(C)=O)cc2)N=C(Cc2ccccc2)C1C. The van der Waals surface area contributed by atoms with Gasteiger partial charge in [0, 0.05) is 51.1 Å². The molecule has 3 aromatic rings. The maximum atomic E-state index is 12.3. The van der Waals surface area contributed by atoms with E-state index in [1.807, 2.05) is 68.1 Å². The number of hydrogen-bond acceptors (Lipinski definition) is 9. The van der Waals surface area contributed by atoms with Crippen molar-refractivity contribution in [2.75, 3.05) is 0 Å². The van der Waals surface area contributed by atoms with Crippen LogP contribution in [0.3, 0.4) is 0 Å². The van der Waals surface area contributed by atoms with E-state index in [0.717, 1.165) is 22.4 Å². The summed E-state index contributed by atoms with van der Waals surface area (Å²) >= 11 is 0. The fourth-order valence-electron chi connectivity index (χ4n) is 4.46. The zero-order valence-electron chi connectivity index (χ0n) is 26.0. The molecule has 9 nitrogen and oxygen atoms in total.